The Morgan fingerprint density at radius 3 is 2.63 bits per heavy atom. The number of carbonyl (C=O) groups is 2. The van der Waals surface area contributed by atoms with E-state index in [1.807, 2.05) is 6.07 Å². The standard InChI is InChI=1S/C22H21FN2O4S/c1-3-29-21(28)18-13(2)24-22(25-19(18)15-7-9-17(23)10-8-15)30-12-14-5-4-6-16(11-14)20(26)27/h4-11,19H,3,12H2,1-2H3,(H,24,25)(H,26,27)/t19-/m1/s1. The van der Waals surface area contributed by atoms with Crippen molar-refractivity contribution in [3.05, 3.63) is 82.3 Å². The lowest BCUT2D eigenvalue weighted by Gasteiger charge is -2.25. The number of aromatic carboxylic acids is 1. The predicted molar refractivity (Wildman–Crippen MR) is 114 cm³/mol. The summed E-state index contributed by atoms with van der Waals surface area (Å²) >= 11 is 1.39. The quantitative estimate of drug-likeness (QED) is 0.667. The average molecular weight is 428 g/mol. The molecule has 0 aromatic heterocycles. The van der Waals surface area contributed by atoms with E-state index in [9.17, 15) is 14.0 Å². The Kier molecular flexibility index (Phi) is 6.89. The first-order valence-electron chi connectivity index (χ1n) is 9.32. The number of nitrogens with one attached hydrogen (secondary N) is 1. The van der Waals surface area contributed by atoms with Gasteiger partial charge in [-0.1, -0.05) is 36.0 Å². The van der Waals surface area contributed by atoms with Crippen molar-refractivity contribution in [2.24, 2.45) is 4.99 Å². The highest BCUT2D eigenvalue weighted by molar-refractivity contribution is 8.13. The summed E-state index contributed by atoms with van der Waals surface area (Å²) in [5.74, 6) is -1.34. The Bertz CT molecular complexity index is 1020. The molecular formula is C22H21FN2O4S. The van der Waals surface area contributed by atoms with Gasteiger partial charge in [-0.3, -0.25) is 0 Å². The lowest BCUT2D eigenvalue weighted by atomic mass is 9.96. The summed E-state index contributed by atoms with van der Waals surface area (Å²) in [6, 6.07) is 11.9. The molecule has 2 aromatic carbocycles. The number of nitrogens with zero attached hydrogens (tertiary/aromatic N) is 1. The topological polar surface area (TPSA) is 88.0 Å². The van der Waals surface area contributed by atoms with Gasteiger partial charge in [0.2, 0.25) is 0 Å². The molecule has 1 atom stereocenters. The zero-order valence-corrected chi connectivity index (χ0v) is 17.3. The van der Waals surface area contributed by atoms with Gasteiger partial charge in [0.25, 0.3) is 0 Å². The average Bonchev–Trinajstić information content (AvgIpc) is 2.72. The molecular weight excluding hydrogens is 407 g/mol. The van der Waals surface area contributed by atoms with E-state index in [2.05, 4.69) is 10.3 Å². The summed E-state index contributed by atoms with van der Waals surface area (Å²) < 4.78 is 18.6. The number of hydrogen-bond donors (Lipinski definition) is 2. The monoisotopic (exact) mass is 428 g/mol. The van der Waals surface area contributed by atoms with Crippen molar-refractivity contribution in [1.82, 2.24) is 5.32 Å². The van der Waals surface area contributed by atoms with Crippen LogP contribution in [0.1, 0.15) is 41.4 Å². The van der Waals surface area contributed by atoms with Crippen LogP contribution in [0.2, 0.25) is 0 Å². The van der Waals surface area contributed by atoms with Crippen molar-refractivity contribution in [3.8, 4) is 0 Å². The molecule has 1 aliphatic rings. The number of rotatable bonds is 6. The second-order valence-electron chi connectivity index (χ2n) is 6.57. The first-order valence-corrected chi connectivity index (χ1v) is 10.3. The van der Waals surface area contributed by atoms with Gasteiger partial charge in [0.1, 0.15) is 11.9 Å². The van der Waals surface area contributed by atoms with Crippen LogP contribution in [0, 0.1) is 5.82 Å². The molecule has 6 nitrogen and oxygen atoms in total. The Morgan fingerprint density at radius 1 is 1.23 bits per heavy atom. The number of hydrogen-bond acceptors (Lipinski definition) is 6. The minimum Gasteiger partial charge on any atom is -0.478 e. The van der Waals surface area contributed by atoms with Gasteiger partial charge in [-0.15, -0.1) is 0 Å². The fourth-order valence-corrected chi connectivity index (χ4v) is 3.91. The van der Waals surface area contributed by atoms with Crippen LogP contribution in [0.5, 0.6) is 0 Å². The maximum Gasteiger partial charge on any atom is 0.338 e. The number of halogens is 1. The fourth-order valence-electron chi connectivity index (χ4n) is 3.03. The van der Waals surface area contributed by atoms with Crippen molar-refractivity contribution >= 4 is 28.9 Å². The van der Waals surface area contributed by atoms with Crippen LogP contribution in [0.4, 0.5) is 4.39 Å². The molecule has 0 unspecified atom stereocenters. The van der Waals surface area contributed by atoms with E-state index < -0.39 is 18.0 Å². The van der Waals surface area contributed by atoms with Gasteiger partial charge in [0.15, 0.2) is 5.17 Å². The van der Waals surface area contributed by atoms with Crippen molar-refractivity contribution < 1.29 is 23.8 Å². The largest absolute Gasteiger partial charge is 0.478 e. The first kappa shape index (κ1) is 21.6. The summed E-state index contributed by atoms with van der Waals surface area (Å²) in [7, 11) is 0. The molecule has 1 heterocycles. The van der Waals surface area contributed by atoms with Crippen molar-refractivity contribution in [2.45, 2.75) is 25.6 Å². The number of thioether (sulfide) groups is 1. The number of aliphatic imine (C=N–C) groups is 1. The lowest BCUT2D eigenvalue weighted by Crippen LogP contribution is -2.30. The third-order valence-electron chi connectivity index (χ3n) is 4.45. The number of carboxylic acid groups (broad SMARTS) is 1. The van der Waals surface area contributed by atoms with Crippen molar-refractivity contribution in [2.75, 3.05) is 6.61 Å². The fraction of sp³-hybridized carbons (Fsp3) is 0.227. The van der Waals surface area contributed by atoms with Crippen LogP contribution < -0.4 is 5.32 Å². The summed E-state index contributed by atoms with van der Waals surface area (Å²) in [4.78, 5) is 28.3. The summed E-state index contributed by atoms with van der Waals surface area (Å²) in [5, 5.41) is 12.9. The second-order valence-corrected chi connectivity index (χ2v) is 7.53. The van der Waals surface area contributed by atoms with Gasteiger partial charge in [-0.05, 0) is 49.2 Å². The number of esters is 1. The van der Waals surface area contributed by atoms with Crippen LogP contribution in [-0.4, -0.2) is 28.8 Å². The molecule has 0 saturated heterocycles. The predicted octanol–water partition coefficient (Wildman–Crippen LogP) is 4.29. The van der Waals surface area contributed by atoms with Crippen LogP contribution in [0.25, 0.3) is 0 Å². The molecule has 0 amide bonds. The maximum atomic E-state index is 13.4. The summed E-state index contributed by atoms with van der Waals surface area (Å²) in [6.45, 7) is 3.73. The number of carbonyl (C=O) groups excluding carboxylic acids is 1. The molecule has 0 saturated carbocycles. The minimum atomic E-state index is -0.982. The molecule has 156 valence electrons. The van der Waals surface area contributed by atoms with Crippen molar-refractivity contribution in [3.63, 3.8) is 0 Å². The molecule has 0 spiro atoms. The zero-order chi connectivity index (χ0) is 21.7. The molecule has 0 radical (unpaired) electrons. The van der Waals surface area contributed by atoms with E-state index in [-0.39, 0.29) is 18.0 Å². The van der Waals surface area contributed by atoms with Gasteiger partial charge in [0, 0.05) is 11.4 Å². The third-order valence-corrected chi connectivity index (χ3v) is 5.41. The van der Waals surface area contributed by atoms with E-state index in [0.29, 0.717) is 27.8 Å². The number of amidine groups is 1. The van der Waals surface area contributed by atoms with E-state index in [0.717, 1.165) is 5.56 Å². The molecule has 8 heteroatoms. The molecule has 0 aliphatic carbocycles. The summed E-state index contributed by atoms with van der Waals surface area (Å²) in [5.41, 5.74) is 2.71. The number of benzene rings is 2. The van der Waals surface area contributed by atoms with Crippen LogP contribution in [-0.2, 0) is 15.3 Å². The van der Waals surface area contributed by atoms with E-state index >= 15 is 0 Å². The van der Waals surface area contributed by atoms with E-state index in [1.165, 1.54) is 30.0 Å². The SMILES string of the molecule is CCOC(=O)C1=C(C)NC(SCc2cccc(C(=O)O)c2)=N[C@@H]1c1ccc(F)cc1. The molecule has 3 rings (SSSR count). The number of ether oxygens (including phenoxy) is 1. The molecule has 1 aliphatic heterocycles. The van der Waals surface area contributed by atoms with Crippen LogP contribution in [0.15, 0.2) is 64.8 Å². The normalized spacial score (nSPS) is 16.0. The zero-order valence-electron chi connectivity index (χ0n) is 16.5. The molecule has 2 N–H and O–H groups in total. The molecule has 0 fully saturated rings. The smallest absolute Gasteiger partial charge is 0.338 e. The third kappa shape index (κ3) is 5.07. The van der Waals surface area contributed by atoms with Gasteiger partial charge in [-0.25, -0.2) is 19.0 Å². The first-order chi connectivity index (χ1) is 14.4. The van der Waals surface area contributed by atoms with Crippen molar-refractivity contribution in [1.29, 1.82) is 0 Å². The minimum absolute atomic E-state index is 0.219. The highest BCUT2D eigenvalue weighted by Crippen LogP contribution is 2.33. The maximum absolute atomic E-state index is 13.4. The van der Waals surface area contributed by atoms with Gasteiger partial charge in [0.05, 0.1) is 17.7 Å². The number of carboxylic acids is 1. The lowest BCUT2D eigenvalue weighted by molar-refractivity contribution is -0.138. The van der Waals surface area contributed by atoms with Crippen LogP contribution >= 0.6 is 11.8 Å². The van der Waals surface area contributed by atoms with E-state index in [1.54, 1.807) is 38.1 Å². The van der Waals surface area contributed by atoms with Gasteiger partial charge in [-0.2, -0.15) is 0 Å². The Balaban J connectivity index is 1.86. The van der Waals surface area contributed by atoms with Gasteiger partial charge < -0.3 is 15.2 Å². The Labute approximate surface area is 177 Å². The van der Waals surface area contributed by atoms with Gasteiger partial charge >= 0.3 is 11.9 Å². The molecule has 30 heavy (non-hydrogen) atoms. The highest BCUT2D eigenvalue weighted by Gasteiger charge is 2.30. The number of allylic oxidation sites excluding steroid dienone is 1. The Hall–Kier alpha value is -3.13. The molecule has 2 aromatic rings. The summed E-state index contributed by atoms with van der Waals surface area (Å²) in [6.07, 6.45) is 0. The second kappa shape index (κ2) is 9.58. The van der Waals surface area contributed by atoms with Crippen LogP contribution in [0.3, 0.4) is 0 Å². The highest BCUT2D eigenvalue weighted by atomic mass is 32.2. The van der Waals surface area contributed by atoms with E-state index in [4.69, 9.17) is 9.84 Å². The Morgan fingerprint density at radius 2 is 1.97 bits per heavy atom. The molecule has 0 bridgehead atoms.